The molecule has 0 unspecified atom stereocenters. The van der Waals surface area contributed by atoms with Crippen molar-refractivity contribution in [3.05, 3.63) is 29.1 Å². The van der Waals surface area contributed by atoms with Crippen LogP contribution in [-0.4, -0.2) is 12.9 Å². The zero-order chi connectivity index (χ0) is 23.2. The van der Waals surface area contributed by atoms with E-state index in [1.54, 1.807) is 0 Å². The molecule has 0 aliphatic carbocycles. The summed E-state index contributed by atoms with van der Waals surface area (Å²) in [5.41, 5.74) is 2.45. The van der Waals surface area contributed by atoms with Crippen LogP contribution in [0.5, 0.6) is 0 Å². The van der Waals surface area contributed by atoms with Crippen LogP contribution in [0.3, 0.4) is 0 Å². The second kappa shape index (κ2) is 14.9. The second-order valence-corrected chi connectivity index (χ2v) is 10.2. The van der Waals surface area contributed by atoms with E-state index in [0.29, 0.717) is 12.0 Å². The second-order valence-electron chi connectivity index (χ2n) is 10.2. The fourth-order valence-corrected chi connectivity index (χ4v) is 4.36. The Morgan fingerprint density at radius 2 is 1.45 bits per heavy atom. The molecule has 0 aromatic carbocycles. The number of unbranched alkanes of at least 4 members (excludes halogenated alkanes) is 6. The third kappa shape index (κ3) is 9.92. The minimum absolute atomic E-state index is 0.00375. The molecule has 1 heterocycles. The van der Waals surface area contributed by atoms with Gasteiger partial charge in [-0.25, -0.2) is 0 Å². The fourth-order valence-electron chi connectivity index (χ4n) is 4.36. The molecule has 0 spiro atoms. The third-order valence-corrected chi connectivity index (χ3v) is 7.46. The topological polar surface area (TPSA) is 26.3 Å². The van der Waals surface area contributed by atoms with Crippen molar-refractivity contribution >= 4 is 12.9 Å². The minimum atomic E-state index is -0.349. The summed E-state index contributed by atoms with van der Waals surface area (Å²) in [5, 5.41) is 0. The van der Waals surface area contributed by atoms with Gasteiger partial charge in [-0.05, 0) is 0 Å². The van der Waals surface area contributed by atoms with Gasteiger partial charge in [-0.3, -0.25) is 0 Å². The molecule has 0 fully saturated rings. The van der Waals surface area contributed by atoms with Crippen LogP contribution in [0.25, 0.3) is 0 Å². The monoisotopic (exact) mass is 428 g/mol. The summed E-state index contributed by atoms with van der Waals surface area (Å²) in [6.07, 6.45) is 14.9. The average molecular weight is 429 g/mol. The molecule has 1 rings (SSSR count). The van der Waals surface area contributed by atoms with Crippen molar-refractivity contribution in [3.8, 4) is 0 Å². The van der Waals surface area contributed by atoms with Crippen LogP contribution in [0.4, 0.5) is 0 Å². The van der Waals surface area contributed by atoms with Gasteiger partial charge in [0.15, 0.2) is 0 Å². The van der Waals surface area contributed by atoms with E-state index in [-0.39, 0.29) is 11.4 Å². The molecule has 0 bridgehead atoms. The molecule has 176 valence electrons. The van der Waals surface area contributed by atoms with Gasteiger partial charge in [0.05, 0.1) is 0 Å². The maximum atomic E-state index is 13.3. The number of hydrogen-bond acceptors (Lipinski definition) is 2. The Morgan fingerprint density at radius 3 is 1.97 bits per heavy atom. The molecule has 3 heteroatoms. The van der Waals surface area contributed by atoms with Crippen LogP contribution in [0.15, 0.2) is 18.0 Å². The number of carbonyl (C=O) groups excluding carboxylic acids is 1. The summed E-state index contributed by atoms with van der Waals surface area (Å²) in [5.74, 6) is 4.28. The predicted molar refractivity (Wildman–Crippen MR) is 136 cm³/mol. The third-order valence-electron chi connectivity index (χ3n) is 7.46. The molecule has 0 saturated carbocycles. The summed E-state index contributed by atoms with van der Waals surface area (Å²) in [4.78, 5) is 13.3. The van der Waals surface area contributed by atoms with E-state index in [1.165, 1.54) is 49.7 Å². The maximum absolute atomic E-state index is 13.3. The van der Waals surface area contributed by atoms with Gasteiger partial charge in [-0.15, -0.1) is 0 Å². The van der Waals surface area contributed by atoms with Crippen LogP contribution >= 0.6 is 0 Å². The Balaban J connectivity index is 2.81. The first-order valence-corrected chi connectivity index (χ1v) is 13.1. The zero-order valence-corrected chi connectivity index (χ0v) is 21.5. The molecular formula is C28H49BO2. The molecule has 31 heavy (non-hydrogen) atoms. The molecular weight excluding hydrogens is 379 g/mol. The van der Waals surface area contributed by atoms with Gasteiger partial charge in [0, 0.05) is 0 Å². The number of carbonyl (C=O) groups is 1. The first kappa shape index (κ1) is 27.9. The van der Waals surface area contributed by atoms with E-state index in [1.807, 2.05) is 0 Å². The van der Waals surface area contributed by atoms with Crippen molar-refractivity contribution in [2.24, 2.45) is 10.8 Å². The van der Waals surface area contributed by atoms with E-state index in [0.717, 1.165) is 44.9 Å². The summed E-state index contributed by atoms with van der Waals surface area (Å²) < 4.78 is 5.99. The number of esters is 1. The average Bonchev–Trinajstić information content (AvgIpc) is 2.78. The van der Waals surface area contributed by atoms with Crippen molar-refractivity contribution in [3.63, 3.8) is 0 Å². The van der Waals surface area contributed by atoms with Crippen molar-refractivity contribution in [2.75, 3.05) is 0 Å². The van der Waals surface area contributed by atoms with Crippen LogP contribution in [0.1, 0.15) is 130 Å². The van der Waals surface area contributed by atoms with E-state index in [4.69, 9.17) is 4.74 Å². The molecule has 0 aliphatic rings. The van der Waals surface area contributed by atoms with E-state index < -0.39 is 0 Å². The van der Waals surface area contributed by atoms with E-state index in [9.17, 15) is 4.79 Å². The predicted octanol–water partition coefficient (Wildman–Crippen LogP) is 8.38. The Hall–Kier alpha value is -1.12. The summed E-state index contributed by atoms with van der Waals surface area (Å²) in [7, 11) is 0. The summed E-state index contributed by atoms with van der Waals surface area (Å²) in [6.45, 7) is 16.0. The van der Waals surface area contributed by atoms with Crippen LogP contribution < -0.4 is 0 Å². The fraction of sp³-hybridized carbons (Fsp3) is 0.786. The summed E-state index contributed by atoms with van der Waals surface area (Å²) >= 11 is 0. The van der Waals surface area contributed by atoms with Crippen molar-refractivity contribution in [1.29, 1.82) is 0 Å². The Kier molecular flexibility index (Phi) is 13.4. The van der Waals surface area contributed by atoms with Gasteiger partial charge in [0.2, 0.25) is 0 Å². The van der Waals surface area contributed by atoms with Crippen LogP contribution in [0.2, 0.25) is 0 Å². The van der Waals surface area contributed by atoms with Gasteiger partial charge >= 0.3 is 180 Å². The molecule has 0 radical (unpaired) electrons. The molecule has 0 N–H and O–H groups in total. The van der Waals surface area contributed by atoms with Crippen molar-refractivity contribution < 1.29 is 9.53 Å². The van der Waals surface area contributed by atoms with Gasteiger partial charge in [0.1, 0.15) is 0 Å². The molecule has 0 amide bonds. The summed E-state index contributed by atoms with van der Waals surface area (Å²) in [6, 6.07) is 2.13. The Labute approximate surface area is 194 Å². The molecule has 0 saturated heterocycles. The van der Waals surface area contributed by atoms with Gasteiger partial charge in [-0.2, -0.15) is 0 Å². The van der Waals surface area contributed by atoms with Crippen LogP contribution in [0, 0.1) is 10.8 Å². The standard InChI is InChI=1S/C28H49BO2/c1-7-11-13-15-18-28(6,19-16-14-12-8-2)26(30)31-23-24-17-20-29-22-25(24)21-27(5,9-3)10-4/h17,20,22H,7-16,18-19,21,23H2,1-6H3. The van der Waals surface area contributed by atoms with E-state index in [2.05, 4.69) is 66.4 Å². The normalized spacial score (nSPS) is 12.1. The molecule has 0 atom stereocenters. The van der Waals surface area contributed by atoms with Crippen molar-refractivity contribution in [1.82, 2.24) is 0 Å². The molecule has 1 aromatic rings. The Bertz CT molecular complexity index is 609. The SMILES string of the molecule is CCCCCCC(C)(CCCCCC)C(=O)OCc1ccbcc1CC(C)(CC)CC. The van der Waals surface area contributed by atoms with Crippen LogP contribution in [-0.2, 0) is 22.6 Å². The quantitative estimate of drug-likeness (QED) is 0.184. The molecule has 2 nitrogen and oxygen atoms in total. The Morgan fingerprint density at radius 1 is 0.871 bits per heavy atom. The van der Waals surface area contributed by atoms with Gasteiger partial charge in [0.25, 0.3) is 0 Å². The number of hydrogen-bond donors (Lipinski definition) is 0. The van der Waals surface area contributed by atoms with Gasteiger partial charge in [-0.1, -0.05) is 13.8 Å². The zero-order valence-electron chi connectivity index (χ0n) is 21.5. The number of rotatable bonds is 17. The van der Waals surface area contributed by atoms with Crippen molar-refractivity contribution in [2.45, 2.75) is 132 Å². The first-order valence-electron chi connectivity index (χ1n) is 13.1. The molecule has 0 aliphatic heterocycles. The first-order chi connectivity index (χ1) is 14.8. The number of ether oxygens (including phenoxy) is 1. The van der Waals surface area contributed by atoms with Gasteiger partial charge < -0.3 is 0 Å². The van der Waals surface area contributed by atoms with E-state index >= 15 is 0 Å². The molecule has 1 aromatic heterocycles.